The number of anilines is 1. The number of pyridine rings is 1. The van der Waals surface area contributed by atoms with E-state index >= 15 is 0 Å². The molecule has 5 rings (SSSR count). The Kier molecular flexibility index (Phi) is 6.40. The van der Waals surface area contributed by atoms with Crippen LogP contribution in [0.3, 0.4) is 0 Å². The maximum absolute atomic E-state index is 13.3. The van der Waals surface area contributed by atoms with Crippen LogP contribution in [0.4, 0.5) is 11.4 Å². The van der Waals surface area contributed by atoms with Gasteiger partial charge in [-0.1, -0.05) is 30.3 Å². The molecule has 1 aliphatic heterocycles. The SMILES string of the molecule is Cc1cccc(Oc2ccc(N3C(=O)C(=O)/C(=C(\O)c4cccc([N+](=O)[O-])c4)C3c3cccnc3)cc2)c1. The van der Waals surface area contributed by atoms with Gasteiger partial charge in [0.25, 0.3) is 17.4 Å². The Balaban J connectivity index is 1.57. The molecular weight excluding hydrogens is 486 g/mol. The number of aromatic nitrogens is 1. The predicted molar refractivity (Wildman–Crippen MR) is 140 cm³/mol. The fraction of sp³-hybridized carbons (Fsp3) is 0.0690. The van der Waals surface area contributed by atoms with Crippen LogP contribution in [0, 0.1) is 17.0 Å². The summed E-state index contributed by atoms with van der Waals surface area (Å²) in [5, 5.41) is 22.4. The average molecular weight is 508 g/mol. The van der Waals surface area contributed by atoms with Crippen LogP contribution < -0.4 is 9.64 Å². The summed E-state index contributed by atoms with van der Waals surface area (Å²) >= 11 is 0. The summed E-state index contributed by atoms with van der Waals surface area (Å²) in [5.74, 6) is -1.08. The van der Waals surface area contributed by atoms with Gasteiger partial charge in [0.1, 0.15) is 17.3 Å². The van der Waals surface area contributed by atoms with Gasteiger partial charge in [0.05, 0.1) is 16.5 Å². The highest BCUT2D eigenvalue weighted by Crippen LogP contribution is 2.42. The van der Waals surface area contributed by atoms with Crippen LogP contribution in [-0.2, 0) is 9.59 Å². The molecule has 1 amide bonds. The van der Waals surface area contributed by atoms with E-state index in [0.29, 0.717) is 22.7 Å². The molecule has 38 heavy (non-hydrogen) atoms. The lowest BCUT2D eigenvalue weighted by Gasteiger charge is -2.25. The van der Waals surface area contributed by atoms with Crippen LogP contribution in [0.2, 0.25) is 0 Å². The average Bonchev–Trinajstić information content (AvgIpc) is 3.19. The molecule has 1 aromatic heterocycles. The number of carbonyl (C=O) groups excluding carboxylic acids is 2. The topological polar surface area (TPSA) is 123 Å². The van der Waals surface area contributed by atoms with Gasteiger partial charge in [0.15, 0.2) is 0 Å². The van der Waals surface area contributed by atoms with Crippen LogP contribution in [0.15, 0.2) is 103 Å². The smallest absolute Gasteiger partial charge is 0.300 e. The van der Waals surface area contributed by atoms with E-state index in [2.05, 4.69) is 4.98 Å². The fourth-order valence-corrected chi connectivity index (χ4v) is 4.36. The molecule has 9 nitrogen and oxygen atoms in total. The summed E-state index contributed by atoms with van der Waals surface area (Å²) in [5.41, 5.74) is 1.53. The Morgan fingerprint density at radius 2 is 1.74 bits per heavy atom. The number of nitro groups is 1. The number of amides is 1. The molecule has 0 spiro atoms. The first-order valence-corrected chi connectivity index (χ1v) is 11.6. The molecular formula is C29H21N3O6. The molecule has 1 aliphatic rings. The molecule has 1 atom stereocenters. The van der Waals surface area contributed by atoms with Crippen molar-refractivity contribution in [1.29, 1.82) is 0 Å². The molecule has 1 N–H and O–H groups in total. The van der Waals surface area contributed by atoms with E-state index in [9.17, 15) is 24.8 Å². The molecule has 3 aromatic carbocycles. The standard InChI is InChI=1S/C29H21N3O6/c1-18-5-2-9-24(15-18)38-23-12-10-21(11-13-23)31-26(20-7-4-14-30-17-20)25(28(34)29(31)35)27(33)19-6-3-8-22(16-19)32(36)37/h2-17,26,33H,1H3/b27-25-. The molecule has 1 unspecified atom stereocenters. The Hall–Kier alpha value is -5.31. The Morgan fingerprint density at radius 1 is 0.974 bits per heavy atom. The Bertz CT molecular complexity index is 1580. The van der Waals surface area contributed by atoms with E-state index in [-0.39, 0.29) is 16.8 Å². The number of nitrogens with zero attached hydrogens (tertiary/aromatic N) is 3. The molecule has 0 bridgehead atoms. The molecule has 0 radical (unpaired) electrons. The van der Waals surface area contributed by atoms with E-state index in [1.54, 1.807) is 42.6 Å². The van der Waals surface area contributed by atoms with Crippen LogP contribution >= 0.6 is 0 Å². The zero-order valence-electron chi connectivity index (χ0n) is 20.1. The minimum Gasteiger partial charge on any atom is -0.507 e. The summed E-state index contributed by atoms with van der Waals surface area (Å²) in [6.45, 7) is 1.96. The van der Waals surface area contributed by atoms with Gasteiger partial charge in [-0.15, -0.1) is 0 Å². The number of nitro benzene ring substituents is 1. The predicted octanol–water partition coefficient (Wildman–Crippen LogP) is 5.72. The lowest BCUT2D eigenvalue weighted by molar-refractivity contribution is -0.384. The van der Waals surface area contributed by atoms with Gasteiger partial charge in [0.2, 0.25) is 0 Å². The molecule has 9 heteroatoms. The third-order valence-electron chi connectivity index (χ3n) is 6.12. The van der Waals surface area contributed by atoms with Crippen LogP contribution in [-0.4, -0.2) is 26.7 Å². The van der Waals surface area contributed by atoms with Gasteiger partial charge in [-0.25, -0.2) is 0 Å². The highest BCUT2D eigenvalue weighted by molar-refractivity contribution is 6.51. The molecule has 1 fully saturated rings. The first kappa shape index (κ1) is 24.4. The van der Waals surface area contributed by atoms with Crippen molar-refractivity contribution in [3.63, 3.8) is 0 Å². The quantitative estimate of drug-likeness (QED) is 0.116. The summed E-state index contributed by atoms with van der Waals surface area (Å²) in [6, 6.07) is 21.8. The third-order valence-corrected chi connectivity index (χ3v) is 6.12. The summed E-state index contributed by atoms with van der Waals surface area (Å²) < 4.78 is 5.90. The summed E-state index contributed by atoms with van der Waals surface area (Å²) in [4.78, 5) is 42.6. The number of carbonyl (C=O) groups is 2. The number of hydrogen-bond acceptors (Lipinski definition) is 7. The molecule has 0 aliphatic carbocycles. The highest BCUT2D eigenvalue weighted by atomic mass is 16.6. The molecule has 1 saturated heterocycles. The zero-order chi connectivity index (χ0) is 26.8. The molecule has 188 valence electrons. The second kappa shape index (κ2) is 9.98. The Morgan fingerprint density at radius 3 is 2.42 bits per heavy atom. The van der Waals surface area contributed by atoms with Gasteiger partial charge in [0, 0.05) is 35.8 Å². The lowest BCUT2D eigenvalue weighted by atomic mass is 9.96. The number of hydrogen-bond donors (Lipinski definition) is 1. The maximum Gasteiger partial charge on any atom is 0.300 e. The van der Waals surface area contributed by atoms with Gasteiger partial charge in [-0.3, -0.25) is 29.6 Å². The second-order valence-corrected chi connectivity index (χ2v) is 8.68. The maximum atomic E-state index is 13.3. The zero-order valence-corrected chi connectivity index (χ0v) is 20.1. The number of ketones is 1. The number of non-ortho nitro benzene ring substituents is 1. The first-order chi connectivity index (χ1) is 18.3. The number of aliphatic hydroxyl groups is 1. The van der Waals surface area contributed by atoms with Crippen LogP contribution in [0.1, 0.15) is 22.7 Å². The van der Waals surface area contributed by atoms with Crippen LogP contribution in [0.5, 0.6) is 11.5 Å². The second-order valence-electron chi connectivity index (χ2n) is 8.68. The van der Waals surface area contributed by atoms with Crippen molar-refractivity contribution in [1.82, 2.24) is 4.98 Å². The molecule has 0 saturated carbocycles. The highest BCUT2D eigenvalue weighted by Gasteiger charge is 2.47. The Labute approximate surface area is 217 Å². The summed E-state index contributed by atoms with van der Waals surface area (Å²) in [7, 11) is 0. The van der Waals surface area contributed by atoms with E-state index in [0.717, 1.165) is 11.6 Å². The third kappa shape index (κ3) is 4.60. The number of ether oxygens (including phenoxy) is 1. The molecule has 2 heterocycles. The lowest BCUT2D eigenvalue weighted by Crippen LogP contribution is -2.29. The van der Waals surface area contributed by atoms with Crippen molar-refractivity contribution in [2.75, 3.05) is 4.90 Å². The van der Waals surface area contributed by atoms with Crippen molar-refractivity contribution in [3.05, 3.63) is 130 Å². The van der Waals surface area contributed by atoms with E-state index in [4.69, 9.17) is 4.74 Å². The van der Waals surface area contributed by atoms with Gasteiger partial charge in [-0.2, -0.15) is 0 Å². The van der Waals surface area contributed by atoms with E-state index in [1.165, 1.54) is 29.3 Å². The normalized spacial score (nSPS) is 16.4. The van der Waals surface area contributed by atoms with E-state index in [1.807, 2.05) is 31.2 Å². The number of aryl methyl sites for hydroxylation is 1. The fourth-order valence-electron chi connectivity index (χ4n) is 4.36. The monoisotopic (exact) mass is 507 g/mol. The number of Topliss-reactive ketones (excluding diaryl/α,β-unsaturated/α-hetero) is 1. The number of aliphatic hydroxyl groups excluding tert-OH is 1. The summed E-state index contributed by atoms with van der Waals surface area (Å²) in [6.07, 6.45) is 3.05. The van der Waals surface area contributed by atoms with Gasteiger partial charge >= 0.3 is 0 Å². The first-order valence-electron chi connectivity index (χ1n) is 11.6. The van der Waals surface area contributed by atoms with Gasteiger partial charge < -0.3 is 9.84 Å². The number of benzene rings is 3. The molecule has 4 aromatic rings. The van der Waals surface area contributed by atoms with Crippen molar-refractivity contribution in [3.8, 4) is 11.5 Å². The van der Waals surface area contributed by atoms with Crippen molar-refractivity contribution >= 4 is 28.8 Å². The largest absolute Gasteiger partial charge is 0.507 e. The van der Waals surface area contributed by atoms with Crippen molar-refractivity contribution < 1.29 is 24.4 Å². The van der Waals surface area contributed by atoms with Crippen LogP contribution in [0.25, 0.3) is 5.76 Å². The number of rotatable bonds is 6. The van der Waals surface area contributed by atoms with Gasteiger partial charge in [-0.05, 0) is 60.5 Å². The minimum atomic E-state index is -1.01. The van der Waals surface area contributed by atoms with Crippen molar-refractivity contribution in [2.45, 2.75) is 13.0 Å². The minimum absolute atomic E-state index is 0.0491. The van der Waals surface area contributed by atoms with Crippen molar-refractivity contribution in [2.24, 2.45) is 0 Å². The van der Waals surface area contributed by atoms with E-state index < -0.39 is 28.4 Å².